The molecule has 2 fully saturated rings. The molecule has 3 heterocycles. The monoisotopic (exact) mass is 923 g/mol. The Morgan fingerprint density at radius 2 is 1.23 bits per heavy atom. The highest BCUT2D eigenvalue weighted by Crippen LogP contribution is 2.38. The van der Waals surface area contributed by atoms with E-state index in [0.717, 1.165) is 0 Å². The maximum atomic E-state index is 12.6. The minimum Gasteiger partial charge on any atom is -0.481 e. The summed E-state index contributed by atoms with van der Waals surface area (Å²) in [6.07, 6.45) is 3.46. The topological polar surface area (TPSA) is 320 Å². The standard InChI is InChI=1S/C47H73NO17/c1-27-17-15-13-11-9-7-5-6-8-10-12-14-16-18-34(64-46-44(58)41(48)43(57)30(4)63-46)24-38-40(45(59)60)37(54)26-47(61,65-38)25-33(51)22-36(53)35(52)20-19-31(49)21-32(50)23-39(55)62-29(3)28(2)42(27)56/h5-18,27-38,40-44,46,49-54,56-58,61H,19-26,48H2,1-4H3,(H,59,60)/t27-,28-,29-,30+,31-,32+,33-,34-,35+,36+,37-,38-,40+,41-,42+,43+,44-,46-,47+/m0/s1. The maximum absolute atomic E-state index is 12.6. The van der Waals surface area contributed by atoms with E-state index < -0.39 is 147 Å². The Morgan fingerprint density at radius 1 is 0.662 bits per heavy atom. The van der Waals surface area contributed by atoms with E-state index in [2.05, 4.69) is 0 Å². The SMILES string of the molecule is C[C@@H]1[C@H](O)[C@@H](C)C=CC=CC=CC=CC=CC=CC=C[C@H](O[C@@H]2O[C@H](C)[C@@H](O)[C@H](N)[C@@H]2O)C[C@@H]2O[C@](O)(C[C@@H](O)C[C@@H](O)[C@H](O)CC[C@H](O)C[C@@H](O)CC(=O)O[C@H]1C)C[C@H](O)[C@H]2C(=O)O. The number of aliphatic carboxylic acids is 1. The van der Waals surface area contributed by atoms with Crippen LogP contribution in [-0.4, -0.2) is 166 Å². The number of carboxylic acids is 1. The normalized spacial score (nSPS) is 42.0. The van der Waals surface area contributed by atoms with Crippen molar-refractivity contribution in [3.8, 4) is 0 Å². The van der Waals surface area contributed by atoms with Crippen molar-refractivity contribution in [2.75, 3.05) is 0 Å². The number of allylic oxidation sites excluding steroid dienone is 12. The molecule has 0 aromatic rings. The molecule has 0 radical (unpaired) electrons. The number of fused-ring (bicyclic) bond motifs is 2. The molecule has 0 saturated carbocycles. The molecule has 368 valence electrons. The summed E-state index contributed by atoms with van der Waals surface area (Å²) in [6, 6.07) is -1.15. The van der Waals surface area contributed by atoms with Crippen LogP contribution >= 0.6 is 0 Å². The second-order valence-electron chi connectivity index (χ2n) is 17.6. The largest absolute Gasteiger partial charge is 0.481 e. The van der Waals surface area contributed by atoms with Gasteiger partial charge in [0.15, 0.2) is 12.1 Å². The van der Waals surface area contributed by atoms with E-state index in [9.17, 15) is 65.8 Å². The molecular weight excluding hydrogens is 851 g/mol. The molecule has 13 N–H and O–H groups in total. The van der Waals surface area contributed by atoms with Gasteiger partial charge in [-0.25, -0.2) is 0 Å². The van der Waals surface area contributed by atoms with Crippen molar-refractivity contribution >= 4 is 11.9 Å². The van der Waals surface area contributed by atoms with Crippen LogP contribution in [0.5, 0.6) is 0 Å². The van der Waals surface area contributed by atoms with Crippen LogP contribution in [0.25, 0.3) is 0 Å². The summed E-state index contributed by atoms with van der Waals surface area (Å²) in [5.74, 6) is -6.83. The Morgan fingerprint density at radius 3 is 1.82 bits per heavy atom. The van der Waals surface area contributed by atoms with Crippen LogP contribution in [0.3, 0.4) is 0 Å². The second kappa shape index (κ2) is 27.4. The van der Waals surface area contributed by atoms with Crippen molar-refractivity contribution in [2.45, 2.75) is 177 Å². The lowest BCUT2D eigenvalue weighted by atomic mass is 9.82. The van der Waals surface area contributed by atoms with Gasteiger partial charge in [-0.3, -0.25) is 9.59 Å². The van der Waals surface area contributed by atoms with Crippen LogP contribution in [0.2, 0.25) is 0 Å². The van der Waals surface area contributed by atoms with E-state index >= 15 is 0 Å². The number of carbonyl (C=O) groups excluding carboxylic acids is 1. The van der Waals surface area contributed by atoms with Gasteiger partial charge in [0, 0.05) is 37.5 Å². The van der Waals surface area contributed by atoms with Crippen LogP contribution in [0.1, 0.15) is 79.1 Å². The smallest absolute Gasteiger partial charge is 0.311 e. The first-order chi connectivity index (χ1) is 30.6. The minimum atomic E-state index is -2.33. The zero-order chi connectivity index (χ0) is 48.4. The number of carbonyl (C=O) groups is 2. The predicted octanol–water partition coefficient (Wildman–Crippen LogP) is 0.712. The number of carboxylic acid groups (broad SMARTS) is 1. The molecule has 0 aromatic heterocycles. The molecule has 0 unspecified atom stereocenters. The Labute approximate surface area is 381 Å². The lowest BCUT2D eigenvalue weighted by Crippen LogP contribution is -2.61. The van der Waals surface area contributed by atoms with E-state index in [4.69, 9.17) is 24.7 Å². The molecule has 3 rings (SSSR count). The Balaban J connectivity index is 1.86. The first-order valence-corrected chi connectivity index (χ1v) is 22.3. The van der Waals surface area contributed by atoms with Gasteiger partial charge in [-0.2, -0.15) is 0 Å². The van der Waals surface area contributed by atoms with Crippen molar-refractivity contribution in [1.82, 2.24) is 0 Å². The van der Waals surface area contributed by atoms with Crippen molar-refractivity contribution in [3.63, 3.8) is 0 Å². The van der Waals surface area contributed by atoms with Gasteiger partial charge >= 0.3 is 11.9 Å². The van der Waals surface area contributed by atoms with Crippen molar-refractivity contribution in [2.24, 2.45) is 23.5 Å². The number of nitrogens with two attached hydrogens (primary N) is 1. The van der Waals surface area contributed by atoms with Crippen LogP contribution < -0.4 is 5.73 Å². The molecule has 3 aliphatic heterocycles. The number of hydrogen-bond acceptors (Lipinski definition) is 17. The number of cyclic esters (lactones) is 1. The van der Waals surface area contributed by atoms with Crippen LogP contribution in [-0.2, 0) is 28.5 Å². The third-order valence-corrected chi connectivity index (χ3v) is 12.0. The molecule has 2 bridgehead atoms. The molecule has 3 aliphatic rings. The molecule has 0 spiro atoms. The van der Waals surface area contributed by atoms with Crippen LogP contribution in [0, 0.1) is 17.8 Å². The molecule has 0 aliphatic carbocycles. The third kappa shape index (κ3) is 18.6. The van der Waals surface area contributed by atoms with Crippen molar-refractivity contribution < 1.29 is 84.7 Å². The lowest BCUT2D eigenvalue weighted by Gasteiger charge is -2.45. The summed E-state index contributed by atoms with van der Waals surface area (Å²) in [5, 5.41) is 118. The first-order valence-electron chi connectivity index (χ1n) is 22.3. The molecule has 0 amide bonds. The summed E-state index contributed by atoms with van der Waals surface area (Å²) in [5.41, 5.74) is 6.02. The molecule has 65 heavy (non-hydrogen) atoms. The average Bonchev–Trinajstić information content (AvgIpc) is 3.21. The second-order valence-corrected chi connectivity index (χ2v) is 17.6. The van der Waals surface area contributed by atoms with Gasteiger partial charge in [0.1, 0.15) is 18.1 Å². The van der Waals surface area contributed by atoms with E-state index in [1.54, 1.807) is 80.7 Å². The van der Waals surface area contributed by atoms with Gasteiger partial charge < -0.3 is 80.9 Å². The van der Waals surface area contributed by atoms with Gasteiger partial charge in [-0.1, -0.05) is 98.9 Å². The Kier molecular flexibility index (Phi) is 23.6. The number of aliphatic hydroxyl groups is 10. The van der Waals surface area contributed by atoms with Gasteiger partial charge in [0.2, 0.25) is 0 Å². The van der Waals surface area contributed by atoms with E-state index in [0.29, 0.717) is 0 Å². The highest BCUT2D eigenvalue weighted by atomic mass is 16.7. The minimum absolute atomic E-state index is 0.107. The van der Waals surface area contributed by atoms with E-state index in [1.165, 1.54) is 13.0 Å². The van der Waals surface area contributed by atoms with Crippen LogP contribution in [0.4, 0.5) is 0 Å². The Hall–Kier alpha value is -3.44. The summed E-state index contributed by atoms with van der Waals surface area (Å²) in [6.45, 7) is 6.74. The van der Waals surface area contributed by atoms with Gasteiger partial charge in [-0.05, 0) is 33.1 Å². The highest BCUT2D eigenvalue weighted by molar-refractivity contribution is 5.71. The van der Waals surface area contributed by atoms with Crippen molar-refractivity contribution in [3.05, 3.63) is 85.1 Å². The van der Waals surface area contributed by atoms with Gasteiger partial charge in [0.05, 0.1) is 79.6 Å². The number of aliphatic hydroxyl groups excluding tert-OH is 9. The van der Waals surface area contributed by atoms with Crippen LogP contribution in [0.15, 0.2) is 85.1 Å². The highest BCUT2D eigenvalue weighted by Gasteiger charge is 2.51. The van der Waals surface area contributed by atoms with Gasteiger partial charge in [-0.15, -0.1) is 0 Å². The molecule has 2 saturated heterocycles. The fourth-order valence-corrected chi connectivity index (χ4v) is 7.97. The van der Waals surface area contributed by atoms with E-state index in [-0.39, 0.29) is 31.6 Å². The fraction of sp³-hybridized carbons (Fsp3) is 0.660. The zero-order valence-corrected chi connectivity index (χ0v) is 37.6. The molecule has 18 nitrogen and oxygen atoms in total. The predicted molar refractivity (Wildman–Crippen MR) is 237 cm³/mol. The molecule has 0 aromatic carbocycles. The number of rotatable bonds is 3. The zero-order valence-electron chi connectivity index (χ0n) is 37.6. The van der Waals surface area contributed by atoms with Gasteiger partial charge in [0.25, 0.3) is 0 Å². The third-order valence-electron chi connectivity index (χ3n) is 12.0. The number of hydrogen-bond donors (Lipinski definition) is 12. The summed E-state index contributed by atoms with van der Waals surface area (Å²) in [7, 11) is 0. The van der Waals surface area contributed by atoms with Crippen molar-refractivity contribution in [1.29, 1.82) is 0 Å². The average molecular weight is 924 g/mol. The number of esters is 1. The van der Waals surface area contributed by atoms with E-state index in [1.807, 2.05) is 19.1 Å². The first kappa shape index (κ1) is 55.9. The Bertz CT molecular complexity index is 1670. The molecule has 19 atom stereocenters. The summed E-state index contributed by atoms with van der Waals surface area (Å²) < 4.78 is 23.1. The quantitative estimate of drug-likeness (QED) is 0.174. The maximum Gasteiger partial charge on any atom is 0.311 e. The summed E-state index contributed by atoms with van der Waals surface area (Å²) in [4.78, 5) is 25.1. The molecule has 18 heteroatoms. The molecular formula is C47H73NO17. The summed E-state index contributed by atoms with van der Waals surface area (Å²) >= 11 is 0. The number of ether oxygens (including phenoxy) is 4. The fourth-order valence-electron chi connectivity index (χ4n) is 7.97. The lowest BCUT2D eigenvalue weighted by molar-refractivity contribution is -0.308.